The Balaban J connectivity index is 2.79. The maximum atomic E-state index is 11.6. The zero-order chi connectivity index (χ0) is 10.6. The molecule has 0 aromatic carbocycles. The molecule has 0 N–H and O–H groups in total. The third-order valence-electron chi connectivity index (χ3n) is 1.62. The van der Waals surface area contributed by atoms with Crippen LogP contribution in [0, 0.1) is 3.57 Å². The van der Waals surface area contributed by atoms with Crippen molar-refractivity contribution in [2.75, 3.05) is 13.2 Å². The predicted molar refractivity (Wildman–Crippen MR) is 62.7 cm³/mol. The Hall–Kier alpha value is -0.140. The molecule has 1 heterocycles. The van der Waals surface area contributed by atoms with Gasteiger partial charge in [0.05, 0.1) is 19.5 Å². The van der Waals surface area contributed by atoms with E-state index in [1.54, 1.807) is 0 Å². The first kappa shape index (κ1) is 11.9. The molecule has 4 nitrogen and oxygen atoms in total. The van der Waals surface area contributed by atoms with Crippen LogP contribution in [0.15, 0.2) is 11.1 Å². The lowest BCUT2D eigenvalue weighted by molar-refractivity contribution is 0.138. The van der Waals surface area contributed by atoms with Gasteiger partial charge in [-0.2, -0.15) is 0 Å². The van der Waals surface area contributed by atoms with Crippen molar-refractivity contribution in [2.24, 2.45) is 0 Å². The lowest BCUT2D eigenvalue weighted by Crippen LogP contribution is -2.25. The molecule has 0 unspecified atom stereocenters. The fraction of sp³-hybridized carbons (Fsp3) is 0.500. The topological polar surface area (TPSA) is 44.1 Å². The quantitative estimate of drug-likeness (QED) is 0.478. The van der Waals surface area contributed by atoms with Crippen LogP contribution in [0.2, 0.25) is 5.15 Å². The highest BCUT2D eigenvalue weighted by atomic mass is 127. The Bertz CT molecular complexity index is 367. The smallest absolute Gasteiger partial charge is 0.268 e. The van der Waals surface area contributed by atoms with Crippen LogP contribution in [0.5, 0.6) is 0 Å². The fourth-order valence-electron chi connectivity index (χ4n) is 0.910. The average molecular weight is 329 g/mol. The number of nitrogens with zero attached hydrogens (tertiary/aromatic N) is 2. The minimum absolute atomic E-state index is 0.120. The van der Waals surface area contributed by atoms with E-state index in [2.05, 4.69) is 4.98 Å². The minimum Gasteiger partial charge on any atom is -0.380 e. The molecule has 0 saturated carbocycles. The van der Waals surface area contributed by atoms with Gasteiger partial charge >= 0.3 is 0 Å². The molecule has 0 aliphatic carbocycles. The van der Waals surface area contributed by atoms with Gasteiger partial charge in [-0.3, -0.25) is 9.36 Å². The van der Waals surface area contributed by atoms with Crippen LogP contribution < -0.4 is 5.56 Å². The number of aromatic nitrogens is 2. The summed E-state index contributed by atoms with van der Waals surface area (Å²) in [6.45, 7) is 3.57. The van der Waals surface area contributed by atoms with Crippen molar-refractivity contribution in [3.63, 3.8) is 0 Å². The molecule has 14 heavy (non-hydrogen) atoms. The van der Waals surface area contributed by atoms with Crippen molar-refractivity contribution >= 4 is 34.2 Å². The summed E-state index contributed by atoms with van der Waals surface area (Å²) in [6.07, 6.45) is 1.44. The van der Waals surface area contributed by atoms with E-state index >= 15 is 0 Å². The van der Waals surface area contributed by atoms with Crippen LogP contribution in [0.3, 0.4) is 0 Å². The second kappa shape index (κ2) is 5.67. The van der Waals surface area contributed by atoms with Gasteiger partial charge in [0.15, 0.2) is 0 Å². The maximum Gasteiger partial charge on any atom is 0.268 e. The lowest BCUT2D eigenvalue weighted by Gasteiger charge is -2.05. The van der Waals surface area contributed by atoms with Crippen LogP contribution in [0.4, 0.5) is 0 Å². The predicted octanol–water partition coefficient (Wildman–Crippen LogP) is 1.54. The Labute approximate surface area is 100 Å². The summed E-state index contributed by atoms with van der Waals surface area (Å²) in [5.41, 5.74) is -0.120. The third kappa shape index (κ3) is 2.93. The second-order valence-electron chi connectivity index (χ2n) is 2.54. The lowest BCUT2D eigenvalue weighted by atomic mass is 10.6. The van der Waals surface area contributed by atoms with E-state index in [4.69, 9.17) is 16.3 Å². The van der Waals surface area contributed by atoms with Gasteiger partial charge in [0, 0.05) is 6.61 Å². The maximum absolute atomic E-state index is 11.6. The van der Waals surface area contributed by atoms with Crippen molar-refractivity contribution in [1.29, 1.82) is 0 Å². The molecule has 0 fully saturated rings. The highest BCUT2D eigenvalue weighted by Gasteiger charge is 2.05. The average Bonchev–Trinajstić information content (AvgIpc) is 2.18. The van der Waals surface area contributed by atoms with E-state index in [1.165, 1.54) is 10.9 Å². The van der Waals surface area contributed by atoms with E-state index in [9.17, 15) is 4.79 Å². The third-order valence-corrected chi connectivity index (χ3v) is 3.20. The summed E-state index contributed by atoms with van der Waals surface area (Å²) < 4.78 is 7.08. The summed E-state index contributed by atoms with van der Waals surface area (Å²) in [7, 11) is 0. The zero-order valence-corrected chi connectivity index (χ0v) is 10.6. The van der Waals surface area contributed by atoms with Gasteiger partial charge in [-0.1, -0.05) is 11.6 Å². The van der Waals surface area contributed by atoms with E-state index < -0.39 is 0 Å². The van der Waals surface area contributed by atoms with E-state index in [0.29, 0.717) is 23.3 Å². The number of rotatable bonds is 4. The van der Waals surface area contributed by atoms with Gasteiger partial charge < -0.3 is 4.74 Å². The number of ether oxygens (including phenoxy) is 1. The SMILES string of the molecule is CCOCCn1cnc(Cl)c(I)c1=O. The van der Waals surface area contributed by atoms with Gasteiger partial charge in [0.2, 0.25) is 0 Å². The molecule has 1 aromatic rings. The molecule has 78 valence electrons. The van der Waals surface area contributed by atoms with Crippen molar-refractivity contribution in [3.8, 4) is 0 Å². The number of hydrogen-bond acceptors (Lipinski definition) is 3. The van der Waals surface area contributed by atoms with Crippen molar-refractivity contribution in [2.45, 2.75) is 13.5 Å². The first-order valence-electron chi connectivity index (χ1n) is 4.15. The summed E-state index contributed by atoms with van der Waals surface area (Å²) >= 11 is 7.57. The zero-order valence-electron chi connectivity index (χ0n) is 7.67. The molecule has 0 atom stereocenters. The monoisotopic (exact) mass is 328 g/mol. The molecule has 0 spiro atoms. The van der Waals surface area contributed by atoms with Crippen LogP contribution >= 0.6 is 34.2 Å². The van der Waals surface area contributed by atoms with E-state index in [-0.39, 0.29) is 10.7 Å². The highest BCUT2D eigenvalue weighted by Crippen LogP contribution is 2.09. The van der Waals surface area contributed by atoms with Gasteiger partial charge in [0.25, 0.3) is 5.56 Å². The molecule has 0 aliphatic heterocycles. The van der Waals surface area contributed by atoms with Crippen LogP contribution in [-0.4, -0.2) is 22.8 Å². The molecule has 0 aliphatic rings. The van der Waals surface area contributed by atoms with Gasteiger partial charge in [0.1, 0.15) is 8.72 Å². The van der Waals surface area contributed by atoms with E-state index in [0.717, 1.165) is 0 Å². The standard InChI is InChI=1S/C8H10ClIN2O2/c1-2-14-4-3-12-5-11-7(9)6(10)8(12)13/h5H,2-4H2,1H3. The summed E-state index contributed by atoms with van der Waals surface area (Å²) in [4.78, 5) is 15.4. The van der Waals surface area contributed by atoms with Crippen molar-refractivity contribution < 1.29 is 4.74 Å². The van der Waals surface area contributed by atoms with Gasteiger partial charge in [-0.25, -0.2) is 4.98 Å². The molecule has 1 rings (SSSR count). The Morgan fingerprint density at radius 2 is 2.43 bits per heavy atom. The highest BCUT2D eigenvalue weighted by molar-refractivity contribution is 14.1. The molecule has 6 heteroatoms. The minimum atomic E-state index is -0.120. The molecule has 0 radical (unpaired) electrons. The summed E-state index contributed by atoms with van der Waals surface area (Å²) in [5.74, 6) is 0. The molecular formula is C8H10ClIN2O2. The van der Waals surface area contributed by atoms with Crippen LogP contribution in [0.25, 0.3) is 0 Å². The van der Waals surface area contributed by atoms with Crippen molar-refractivity contribution in [3.05, 3.63) is 25.4 Å². The molecule has 0 bridgehead atoms. The normalized spacial score (nSPS) is 10.5. The van der Waals surface area contributed by atoms with Crippen LogP contribution in [-0.2, 0) is 11.3 Å². The first-order valence-corrected chi connectivity index (χ1v) is 5.60. The molecule has 0 saturated heterocycles. The summed E-state index contributed by atoms with van der Waals surface area (Å²) in [6, 6.07) is 0. The van der Waals surface area contributed by atoms with Crippen LogP contribution in [0.1, 0.15) is 6.92 Å². The molecule has 1 aromatic heterocycles. The van der Waals surface area contributed by atoms with E-state index in [1.807, 2.05) is 29.5 Å². The van der Waals surface area contributed by atoms with Gasteiger partial charge in [-0.15, -0.1) is 0 Å². The van der Waals surface area contributed by atoms with Gasteiger partial charge in [-0.05, 0) is 29.5 Å². The number of halogens is 2. The van der Waals surface area contributed by atoms with Crippen molar-refractivity contribution in [1.82, 2.24) is 9.55 Å². The Morgan fingerprint density at radius 1 is 1.71 bits per heavy atom. The Kier molecular flexibility index (Phi) is 4.83. The number of hydrogen-bond donors (Lipinski definition) is 0. The second-order valence-corrected chi connectivity index (χ2v) is 3.98. The Morgan fingerprint density at radius 3 is 3.07 bits per heavy atom. The fourth-order valence-corrected chi connectivity index (χ4v) is 1.48. The molecule has 0 amide bonds. The summed E-state index contributed by atoms with van der Waals surface area (Å²) in [5, 5.41) is 0.253. The largest absolute Gasteiger partial charge is 0.380 e. The molecular weight excluding hydrogens is 318 g/mol. The first-order chi connectivity index (χ1) is 6.66.